The van der Waals surface area contributed by atoms with Crippen LogP contribution in [0.5, 0.6) is 0 Å². The monoisotopic (exact) mass is 848 g/mol. The summed E-state index contributed by atoms with van der Waals surface area (Å²) in [6.45, 7) is 2.24. The number of thiophene rings is 1. The maximum atomic E-state index is 6.31. The van der Waals surface area contributed by atoms with Gasteiger partial charge in [0, 0.05) is 64.2 Å². The molecule has 306 valence electrons. The zero-order valence-electron chi connectivity index (χ0n) is 35.6. The predicted molar refractivity (Wildman–Crippen MR) is 277 cm³/mol. The van der Waals surface area contributed by atoms with E-state index in [9.17, 15) is 0 Å². The summed E-state index contributed by atoms with van der Waals surface area (Å²) >= 11 is 1.88. The number of furan rings is 1. The van der Waals surface area contributed by atoms with Crippen molar-refractivity contribution in [1.82, 2.24) is 4.57 Å². The topological polar surface area (TPSA) is 21.3 Å². The summed E-state index contributed by atoms with van der Waals surface area (Å²) in [7, 11) is 0. The van der Waals surface area contributed by atoms with E-state index in [0.29, 0.717) is 0 Å². The maximum absolute atomic E-state index is 6.31. The summed E-state index contributed by atoms with van der Waals surface area (Å²) in [5, 5.41) is 7.27. The van der Waals surface area contributed by atoms with Gasteiger partial charge in [-0.1, -0.05) is 158 Å². The van der Waals surface area contributed by atoms with Crippen LogP contribution in [0.1, 0.15) is 5.56 Å². The van der Waals surface area contributed by atoms with Crippen LogP contribution < -0.4 is 4.90 Å². The molecule has 0 saturated carbocycles. The summed E-state index contributed by atoms with van der Waals surface area (Å²) in [5.41, 5.74) is 17.0. The highest BCUT2D eigenvalue weighted by Gasteiger charge is 2.24. The number of rotatable bonds is 7. The van der Waals surface area contributed by atoms with Crippen LogP contribution in [0.3, 0.4) is 0 Å². The number of hydrogen-bond acceptors (Lipinski definition) is 3. The smallest absolute Gasteiger partial charge is 0.136 e. The lowest BCUT2D eigenvalue weighted by molar-refractivity contribution is 0.669. The maximum Gasteiger partial charge on any atom is 0.136 e. The molecule has 13 rings (SSSR count). The number of benzene rings is 10. The molecule has 4 heteroatoms. The molecule has 3 aromatic heterocycles. The molecule has 0 fully saturated rings. The van der Waals surface area contributed by atoms with Crippen LogP contribution in [-0.4, -0.2) is 4.57 Å². The van der Waals surface area contributed by atoms with Gasteiger partial charge in [-0.15, -0.1) is 11.3 Å². The normalized spacial score (nSPS) is 11.8. The Kier molecular flexibility index (Phi) is 8.62. The van der Waals surface area contributed by atoms with Crippen molar-refractivity contribution in [3.63, 3.8) is 0 Å². The van der Waals surface area contributed by atoms with Gasteiger partial charge < -0.3 is 13.9 Å². The Balaban J connectivity index is 1.04. The molecule has 0 bridgehead atoms. The molecule has 0 unspecified atom stereocenters. The summed E-state index contributed by atoms with van der Waals surface area (Å²) in [6.07, 6.45) is 0. The molecule has 0 spiro atoms. The molecule has 0 N–H and O–H groups in total. The van der Waals surface area contributed by atoms with Crippen molar-refractivity contribution in [3.8, 4) is 39.1 Å². The van der Waals surface area contributed by atoms with Gasteiger partial charge in [0.2, 0.25) is 0 Å². The summed E-state index contributed by atoms with van der Waals surface area (Å²) in [6, 6.07) is 81.5. The van der Waals surface area contributed by atoms with Gasteiger partial charge in [-0.25, -0.2) is 0 Å². The lowest BCUT2D eigenvalue weighted by Crippen LogP contribution is -2.12. The SMILES string of the molecule is Cc1cc(-c2ccccc2)ccc1N(c1ccc(-c2cccc3oc4ccccc4c23)cc1)c1ccc(-c2ccccc2-n2c3ccccc3c3ccccc32)c2sc3ccccc3c12. The first-order valence-corrected chi connectivity index (χ1v) is 23.0. The number of hydrogen-bond donors (Lipinski definition) is 0. The summed E-state index contributed by atoms with van der Waals surface area (Å²) in [4.78, 5) is 2.48. The summed E-state index contributed by atoms with van der Waals surface area (Å²) < 4.78 is 11.3. The standard InChI is InChI=1S/C61H40N2OS/c1-39-38-42(40-16-3-2-4-17-40)32-36-51(39)62(43-33-30-41(31-34-43)44-23-15-28-57-59(44)49-21-8-13-27-56(49)64-57)55-37-35-48(61-60(55)50-22-9-14-29-58(50)65-61)47-20-7-12-26-54(47)63-52-24-10-5-18-45(52)46-19-6-11-25-53(46)63/h2-38H,1H3. The fourth-order valence-corrected chi connectivity index (χ4v) is 11.5. The van der Waals surface area contributed by atoms with Crippen molar-refractivity contribution in [3.05, 3.63) is 230 Å². The van der Waals surface area contributed by atoms with E-state index in [2.05, 4.69) is 235 Å². The Morgan fingerprint density at radius 2 is 1.03 bits per heavy atom. The average molecular weight is 849 g/mol. The highest BCUT2D eigenvalue weighted by Crippen LogP contribution is 2.50. The molecular formula is C61H40N2OS. The number of aryl methyl sites for hydroxylation is 1. The van der Waals surface area contributed by atoms with Crippen molar-refractivity contribution in [2.45, 2.75) is 6.92 Å². The molecule has 0 amide bonds. The minimum absolute atomic E-state index is 0.898. The lowest BCUT2D eigenvalue weighted by atomic mass is 9.97. The molecule has 3 heterocycles. The summed E-state index contributed by atoms with van der Waals surface area (Å²) in [5.74, 6) is 0. The third kappa shape index (κ3) is 5.95. The van der Waals surface area contributed by atoms with E-state index in [4.69, 9.17) is 4.42 Å². The fraction of sp³-hybridized carbons (Fsp3) is 0.0164. The third-order valence-electron chi connectivity index (χ3n) is 13.1. The van der Waals surface area contributed by atoms with Crippen LogP contribution in [0.15, 0.2) is 229 Å². The van der Waals surface area contributed by atoms with Crippen LogP contribution in [0.25, 0.3) is 103 Å². The van der Waals surface area contributed by atoms with Gasteiger partial charge in [0.1, 0.15) is 11.2 Å². The Labute approximate surface area is 380 Å². The van der Waals surface area contributed by atoms with E-state index < -0.39 is 0 Å². The highest BCUT2D eigenvalue weighted by atomic mass is 32.1. The predicted octanol–water partition coefficient (Wildman–Crippen LogP) is 17.8. The number of aromatic nitrogens is 1. The Bertz CT molecular complexity index is 3910. The van der Waals surface area contributed by atoms with Crippen LogP contribution in [0.2, 0.25) is 0 Å². The Morgan fingerprint density at radius 1 is 0.415 bits per heavy atom. The van der Waals surface area contributed by atoms with Crippen LogP contribution in [0, 0.1) is 6.92 Å². The second-order valence-corrected chi connectivity index (χ2v) is 17.9. The molecule has 0 saturated heterocycles. The molecule has 0 aliphatic rings. The van der Waals surface area contributed by atoms with Crippen molar-refractivity contribution in [2.75, 3.05) is 4.90 Å². The zero-order valence-corrected chi connectivity index (χ0v) is 36.4. The van der Waals surface area contributed by atoms with E-state index in [1.165, 1.54) is 69.8 Å². The van der Waals surface area contributed by atoms with Gasteiger partial charge in [0.05, 0.1) is 22.4 Å². The van der Waals surface area contributed by atoms with Crippen LogP contribution in [0.4, 0.5) is 17.1 Å². The number of fused-ring (bicyclic) bond motifs is 9. The molecule has 13 aromatic rings. The van der Waals surface area contributed by atoms with Crippen molar-refractivity contribution < 1.29 is 4.42 Å². The van der Waals surface area contributed by atoms with Crippen LogP contribution in [-0.2, 0) is 0 Å². The van der Waals surface area contributed by atoms with E-state index in [-0.39, 0.29) is 0 Å². The molecule has 0 radical (unpaired) electrons. The quantitative estimate of drug-likeness (QED) is 0.159. The minimum Gasteiger partial charge on any atom is -0.456 e. The van der Waals surface area contributed by atoms with E-state index in [0.717, 1.165) is 55.8 Å². The van der Waals surface area contributed by atoms with Gasteiger partial charge in [0.15, 0.2) is 0 Å². The van der Waals surface area contributed by atoms with Gasteiger partial charge >= 0.3 is 0 Å². The van der Waals surface area contributed by atoms with Gasteiger partial charge in [-0.3, -0.25) is 0 Å². The zero-order chi connectivity index (χ0) is 43.0. The molecule has 65 heavy (non-hydrogen) atoms. The van der Waals surface area contributed by atoms with Gasteiger partial charge in [-0.2, -0.15) is 0 Å². The Morgan fingerprint density at radius 3 is 1.82 bits per heavy atom. The first-order valence-electron chi connectivity index (χ1n) is 22.2. The van der Waals surface area contributed by atoms with Gasteiger partial charge in [-0.05, 0) is 101 Å². The fourth-order valence-electron chi connectivity index (χ4n) is 10.2. The second-order valence-electron chi connectivity index (χ2n) is 16.8. The van der Waals surface area contributed by atoms with Gasteiger partial charge in [0.25, 0.3) is 0 Å². The van der Waals surface area contributed by atoms with Crippen LogP contribution >= 0.6 is 11.3 Å². The first kappa shape index (κ1) is 37.4. The van der Waals surface area contributed by atoms with Crippen molar-refractivity contribution >= 4 is 92.3 Å². The average Bonchev–Trinajstić information content (AvgIpc) is 4.05. The molecule has 0 aliphatic heterocycles. The second kappa shape index (κ2) is 15.0. The largest absolute Gasteiger partial charge is 0.456 e. The Hall–Kier alpha value is -8.18. The first-order chi connectivity index (χ1) is 32.2. The molecule has 3 nitrogen and oxygen atoms in total. The lowest BCUT2D eigenvalue weighted by Gasteiger charge is -2.29. The van der Waals surface area contributed by atoms with E-state index in [1.807, 2.05) is 17.4 Å². The number of nitrogens with zero attached hydrogens (tertiary/aromatic N) is 2. The van der Waals surface area contributed by atoms with E-state index in [1.54, 1.807) is 0 Å². The number of para-hydroxylation sites is 4. The molecular weight excluding hydrogens is 809 g/mol. The molecule has 0 atom stereocenters. The van der Waals surface area contributed by atoms with Crippen molar-refractivity contribution in [2.24, 2.45) is 0 Å². The van der Waals surface area contributed by atoms with Crippen molar-refractivity contribution in [1.29, 1.82) is 0 Å². The highest BCUT2D eigenvalue weighted by molar-refractivity contribution is 7.26. The molecule has 10 aromatic carbocycles. The third-order valence-corrected chi connectivity index (χ3v) is 14.3. The minimum atomic E-state index is 0.898. The number of anilines is 3. The molecule has 0 aliphatic carbocycles. The van der Waals surface area contributed by atoms with E-state index >= 15 is 0 Å².